The van der Waals surface area contributed by atoms with Gasteiger partial charge in [0, 0.05) is 18.8 Å². The molecular weight excluding hydrogens is 234 g/mol. The van der Waals surface area contributed by atoms with Gasteiger partial charge in [-0.05, 0) is 25.8 Å². The second-order valence-corrected chi connectivity index (χ2v) is 4.74. The molecule has 1 aliphatic rings. The van der Waals surface area contributed by atoms with E-state index in [-0.39, 0.29) is 12.3 Å². The van der Waals surface area contributed by atoms with Gasteiger partial charge in [-0.3, -0.25) is 14.7 Å². The quantitative estimate of drug-likeness (QED) is 0.823. The lowest BCUT2D eigenvalue weighted by atomic mass is 9.98. The first-order valence-corrected chi connectivity index (χ1v) is 6.07. The van der Waals surface area contributed by atoms with Crippen molar-refractivity contribution in [2.45, 2.75) is 26.2 Å². The van der Waals surface area contributed by atoms with E-state index < -0.39 is 11.9 Å². The van der Waals surface area contributed by atoms with E-state index in [0.29, 0.717) is 25.2 Å². The van der Waals surface area contributed by atoms with Crippen LogP contribution in [0.3, 0.4) is 0 Å². The number of nitrogens with zero attached hydrogens (tertiary/aromatic N) is 2. The third kappa shape index (κ3) is 2.88. The van der Waals surface area contributed by atoms with E-state index in [9.17, 15) is 9.59 Å². The number of hydrogen-bond acceptors (Lipinski definition) is 3. The Labute approximate surface area is 105 Å². The van der Waals surface area contributed by atoms with E-state index >= 15 is 0 Å². The number of carbonyl (C=O) groups is 2. The van der Waals surface area contributed by atoms with Gasteiger partial charge in [-0.25, -0.2) is 0 Å². The van der Waals surface area contributed by atoms with Crippen molar-refractivity contribution >= 4 is 11.9 Å². The number of amides is 1. The number of nitrogens with one attached hydrogen (secondary N) is 1. The molecule has 1 fully saturated rings. The van der Waals surface area contributed by atoms with Crippen molar-refractivity contribution in [3.63, 3.8) is 0 Å². The van der Waals surface area contributed by atoms with E-state index in [1.165, 1.54) is 0 Å². The number of aromatic amines is 1. The smallest absolute Gasteiger partial charge is 0.308 e. The first kappa shape index (κ1) is 12.6. The van der Waals surface area contributed by atoms with Crippen LogP contribution in [0.4, 0.5) is 0 Å². The van der Waals surface area contributed by atoms with Gasteiger partial charge in [-0.15, -0.1) is 0 Å². The van der Waals surface area contributed by atoms with Gasteiger partial charge in [0.15, 0.2) is 0 Å². The number of likely N-dealkylation sites (tertiary alicyclic amines) is 1. The number of carboxylic acid groups (broad SMARTS) is 1. The first-order chi connectivity index (χ1) is 8.56. The highest BCUT2D eigenvalue weighted by molar-refractivity contribution is 5.79. The highest BCUT2D eigenvalue weighted by atomic mass is 16.4. The molecule has 1 saturated heterocycles. The molecule has 1 unspecified atom stereocenters. The van der Waals surface area contributed by atoms with Crippen LogP contribution >= 0.6 is 0 Å². The molecule has 1 aliphatic heterocycles. The molecule has 0 radical (unpaired) electrons. The van der Waals surface area contributed by atoms with E-state index in [0.717, 1.165) is 12.1 Å². The third-order valence-corrected chi connectivity index (χ3v) is 3.21. The highest BCUT2D eigenvalue weighted by Crippen LogP contribution is 2.17. The van der Waals surface area contributed by atoms with Crippen LogP contribution in [0.15, 0.2) is 6.07 Å². The second kappa shape index (κ2) is 5.20. The van der Waals surface area contributed by atoms with E-state index in [1.54, 1.807) is 4.90 Å². The van der Waals surface area contributed by atoms with Gasteiger partial charge < -0.3 is 10.0 Å². The lowest BCUT2D eigenvalue weighted by molar-refractivity contribution is -0.145. The number of H-pyrrole nitrogens is 1. The summed E-state index contributed by atoms with van der Waals surface area (Å²) in [5.41, 5.74) is 1.62. The van der Waals surface area contributed by atoms with E-state index in [2.05, 4.69) is 10.2 Å². The molecule has 6 nitrogen and oxygen atoms in total. The van der Waals surface area contributed by atoms with Gasteiger partial charge in [0.2, 0.25) is 5.91 Å². The lowest BCUT2D eigenvalue weighted by Gasteiger charge is -2.30. The number of carbonyl (C=O) groups excluding carboxylic acids is 1. The van der Waals surface area contributed by atoms with Gasteiger partial charge >= 0.3 is 5.97 Å². The Balaban J connectivity index is 1.94. The fourth-order valence-corrected chi connectivity index (χ4v) is 2.24. The molecule has 2 N–H and O–H groups in total. The predicted octanol–water partition coefficient (Wildman–Crippen LogP) is 0.584. The van der Waals surface area contributed by atoms with Crippen LogP contribution in [-0.2, 0) is 16.0 Å². The molecule has 0 spiro atoms. The summed E-state index contributed by atoms with van der Waals surface area (Å²) < 4.78 is 0. The van der Waals surface area contributed by atoms with Gasteiger partial charge in [0.05, 0.1) is 18.0 Å². The Hall–Kier alpha value is -1.85. The molecule has 18 heavy (non-hydrogen) atoms. The molecule has 6 heteroatoms. The average Bonchev–Trinajstić information content (AvgIpc) is 2.75. The number of aromatic nitrogens is 2. The number of rotatable bonds is 3. The number of aliphatic carboxylic acids is 1. The molecule has 98 valence electrons. The molecule has 1 aromatic heterocycles. The zero-order valence-corrected chi connectivity index (χ0v) is 10.3. The highest BCUT2D eigenvalue weighted by Gasteiger charge is 2.28. The average molecular weight is 251 g/mol. The Morgan fingerprint density at radius 3 is 3.00 bits per heavy atom. The fourth-order valence-electron chi connectivity index (χ4n) is 2.24. The van der Waals surface area contributed by atoms with Crippen molar-refractivity contribution in [2.24, 2.45) is 5.92 Å². The van der Waals surface area contributed by atoms with E-state index in [1.807, 2.05) is 13.0 Å². The Kier molecular flexibility index (Phi) is 3.64. The van der Waals surface area contributed by atoms with Crippen molar-refractivity contribution in [1.29, 1.82) is 0 Å². The summed E-state index contributed by atoms with van der Waals surface area (Å²) in [5.74, 6) is -1.29. The van der Waals surface area contributed by atoms with Crippen LogP contribution in [0.25, 0.3) is 0 Å². The zero-order valence-electron chi connectivity index (χ0n) is 10.3. The number of hydrogen-bond donors (Lipinski definition) is 2. The molecule has 2 heterocycles. The predicted molar refractivity (Wildman–Crippen MR) is 64.0 cm³/mol. The van der Waals surface area contributed by atoms with Crippen LogP contribution < -0.4 is 0 Å². The summed E-state index contributed by atoms with van der Waals surface area (Å²) in [6.07, 6.45) is 1.64. The number of piperidine rings is 1. The molecule has 1 amide bonds. The van der Waals surface area contributed by atoms with Gasteiger partial charge in [0.25, 0.3) is 0 Å². The maximum Gasteiger partial charge on any atom is 0.308 e. The fraction of sp³-hybridized carbons (Fsp3) is 0.583. The van der Waals surface area contributed by atoms with Gasteiger partial charge in [-0.2, -0.15) is 5.10 Å². The van der Waals surface area contributed by atoms with Crippen LogP contribution in [0, 0.1) is 12.8 Å². The van der Waals surface area contributed by atoms with Crippen LogP contribution in [0.5, 0.6) is 0 Å². The van der Waals surface area contributed by atoms with Crippen LogP contribution in [0.1, 0.15) is 24.2 Å². The van der Waals surface area contributed by atoms with Gasteiger partial charge in [0.1, 0.15) is 0 Å². The lowest BCUT2D eigenvalue weighted by Crippen LogP contribution is -2.43. The molecular formula is C12H17N3O3. The first-order valence-electron chi connectivity index (χ1n) is 6.07. The number of aryl methyl sites for hydroxylation is 1. The minimum absolute atomic E-state index is 0.0487. The maximum absolute atomic E-state index is 12.0. The Morgan fingerprint density at radius 1 is 1.61 bits per heavy atom. The summed E-state index contributed by atoms with van der Waals surface area (Å²) in [5, 5.41) is 15.8. The summed E-state index contributed by atoms with van der Waals surface area (Å²) in [6, 6.07) is 1.83. The van der Waals surface area contributed by atoms with Crippen molar-refractivity contribution < 1.29 is 14.7 Å². The van der Waals surface area contributed by atoms with Crippen molar-refractivity contribution in [3.05, 3.63) is 17.5 Å². The summed E-state index contributed by atoms with van der Waals surface area (Å²) >= 11 is 0. The van der Waals surface area contributed by atoms with Crippen molar-refractivity contribution in [1.82, 2.24) is 15.1 Å². The zero-order chi connectivity index (χ0) is 13.1. The van der Waals surface area contributed by atoms with Crippen molar-refractivity contribution in [3.8, 4) is 0 Å². The molecule has 0 aliphatic carbocycles. The maximum atomic E-state index is 12.0. The van der Waals surface area contributed by atoms with Crippen LogP contribution in [0.2, 0.25) is 0 Å². The molecule has 0 bridgehead atoms. The molecule has 0 saturated carbocycles. The van der Waals surface area contributed by atoms with Crippen molar-refractivity contribution in [2.75, 3.05) is 13.1 Å². The summed E-state index contributed by atoms with van der Waals surface area (Å²) in [7, 11) is 0. The molecule has 0 aromatic carbocycles. The standard InChI is InChI=1S/C12H17N3O3/c1-8-5-10(14-13-8)6-11(16)15-4-2-3-9(7-15)12(17)18/h5,9H,2-4,6-7H2,1H3,(H,13,14)(H,17,18). The Bertz CT molecular complexity index is 455. The SMILES string of the molecule is Cc1cc(CC(=O)N2CCCC(C(=O)O)C2)n[nH]1. The molecule has 2 rings (SSSR count). The largest absolute Gasteiger partial charge is 0.481 e. The van der Waals surface area contributed by atoms with Gasteiger partial charge in [-0.1, -0.05) is 0 Å². The van der Waals surface area contributed by atoms with Crippen LogP contribution in [-0.4, -0.2) is 45.2 Å². The number of carboxylic acids is 1. The molecule has 1 atom stereocenters. The topological polar surface area (TPSA) is 86.3 Å². The Morgan fingerprint density at radius 2 is 2.39 bits per heavy atom. The summed E-state index contributed by atoms with van der Waals surface area (Å²) in [6.45, 7) is 2.84. The second-order valence-electron chi connectivity index (χ2n) is 4.74. The minimum atomic E-state index is -0.817. The van der Waals surface area contributed by atoms with E-state index in [4.69, 9.17) is 5.11 Å². The minimum Gasteiger partial charge on any atom is -0.481 e. The summed E-state index contributed by atoms with van der Waals surface area (Å²) in [4.78, 5) is 24.6. The normalized spacial score (nSPS) is 19.8. The molecule has 1 aromatic rings. The monoisotopic (exact) mass is 251 g/mol. The third-order valence-electron chi connectivity index (χ3n) is 3.21.